The highest BCUT2D eigenvalue weighted by molar-refractivity contribution is 6.38. The molecule has 41 heavy (non-hydrogen) atoms. The van der Waals surface area contributed by atoms with Crippen LogP contribution in [0.25, 0.3) is 11.6 Å². The average Bonchev–Trinajstić information content (AvgIpc) is 3.40. The van der Waals surface area contributed by atoms with E-state index >= 15 is 0 Å². The molecule has 0 aromatic heterocycles. The quantitative estimate of drug-likeness (QED) is 0.165. The van der Waals surface area contributed by atoms with Crippen molar-refractivity contribution in [1.82, 2.24) is 0 Å². The zero-order valence-electron chi connectivity index (χ0n) is 20.8. The van der Waals surface area contributed by atoms with Crippen molar-refractivity contribution < 1.29 is 14.4 Å². The summed E-state index contributed by atoms with van der Waals surface area (Å²) in [5, 5.41) is 8.75. The molecule has 0 spiro atoms. The first-order valence-electron chi connectivity index (χ1n) is 11.8. The summed E-state index contributed by atoms with van der Waals surface area (Å²) in [4.78, 5) is 33.1. The van der Waals surface area contributed by atoms with E-state index < -0.39 is 0 Å². The normalized spacial score (nSPS) is 13.7. The van der Waals surface area contributed by atoms with Crippen molar-refractivity contribution in [3.8, 4) is 0 Å². The minimum atomic E-state index is -0.168. The number of hydrogen-bond donors (Lipinski definition) is 2. The molecule has 0 saturated heterocycles. The van der Waals surface area contributed by atoms with Crippen molar-refractivity contribution in [3.05, 3.63) is 125 Å². The minimum Gasteiger partial charge on any atom is -0.325 e. The Morgan fingerprint density at radius 2 is 1.12 bits per heavy atom. The number of rotatable bonds is 2. The number of carbonyl (C=O) groups excluding carboxylic acids is 3. The third kappa shape index (κ3) is 8.49. The Balaban J connectivity index is 0.000000156. The second-order valence-electron chi connectivity index (χ2n) is 8.75. The van der Waals surface area contributed by atoms with E-state index in [1.807, 2.05) is 12.1 Å². The van der Waals surface area contributed by atoms with E-state index in [0.29, 0.717) is 59.7 Å². The third-order valence-electron chi connectivity index (χ3n) is 5.68. The van der Waals surface area contributed by atoms with Gasteiger partial charge < -0.3 is 10.6 Å². The summed E-state index contributed by atoms with van der Waals surface area (Å²) in [5.41, 5.74) is 5.24. The lowest BCUT2D eigenvalue weighted by Gasteiger charge is -2.01. The number of hydrogen-bond acceptors (Lipinski definition) is 3. The zero-order valence-corrected chi connectivity index (χ0v) is 25.3. The van der Waals surface area contributed by atoms with Crippen molar-refractivity contribution in [2.24, 2.45) is 0 Å². The number of fused-ring (bicyclic) bond motifs is 2. The van der Waals surface area contributed by atoms with Crippen LogP contribution in [0, 0.1) is 0 Å². The lowest BCUT2D eigenvalue weighted by molar-refractivity contribution is -0.115. The van der Waals surface area contributed by atoms with Gasteiger partial charge in [-0.25, -0.2) is 0 Å². The molecule has 2 amide bonds. The van der Waals surface area contributed by atoms with Crippen LogP contribution in [-0.2, 0) is 16.0 Å². The van der Waals surface area contributed by atoms with Crippen LogP contribution in [-0.4, -0.2) is 18.1 Å². The third-order valence-corrected chi connectivity index (χ3v) is 7.02. The number of aldehydes is 1. The van der Waals surface area contributed by atoms with Crippen LogP contribution < -0.4 is 10.6 Å². The Labute approximate surface area is 266 Å². The van der Waals surface area contributed by atoms with Gasteiger partial charge in [0.1, 0.15) is 6.29 Å². The summed E-state index contributed by atoms with van der Waals surface area (Å²) < 4.78 is 0. The van der Waals surface area contributed by atoms with Crippen molar-refractivity contribution in [3.63, 3.8) is 0 Å². The highest BCUT2D eigenvalue weighted by Gasteiger charge is 2.24. The van der Waals surface area contributed by atoms with Gasteiger partial charge in [0.15, 0.2) is 0 Å². The molecule has 6 rings (SSSR count). The first-order chi connectivity index (χ1) is 19.5. The van der Waals surface area contributed by atoms with E-state index in [9.17, 15) is 14.4 Å². The maximum atomic E-state index is 12.0. The van der Waals surface area contributed by atoms with Crippen molar-refractivity contribution in [1.29, 1.82) is 0 Å². The van der Waals surface area contributed by atoms with Gasteiger partial charge in [0.2, 0.25) is 5.91 Å². The van der Waals surface area contributed by atoms with Crippen LogP contribution in [0.2, 0.25) is 30.1 Å². The predicted octanol–water partition coefficient (Wildman–Crippen LogP) is 9.78. The van der Waals surface area contributed by atoms with Gasteiger partial charge in [0.05, 0.1) is 12.1 Å². The topological polar surface area (TPSA) is 75.3 Å². The van der Waals surface area contributed by atoms with Crippen LogP contribution in [0.5, 0.6) is 0 Å². The summed E-state index contributed by atoms with van der Waals surface area (Å²) in [6.45, 7) is 0. The van der Waals surface area contributed by atoms with Gasteiger partial charge in [-0.3, -0.25) is 14.4 Å². The number of carbonyl (C=O) groups is 3. The monoisotopic (exact) mass is 664 g/mol. The Morgan fingerprint density at radius 3 is 1.71 bits per heavy atom. The standard InChI is InChI=1S/C15H8Cl3NO.C8H6ClNO.C7H4Cl2O/c16-9-1-2-12-13(15(20)19-14(12)7-9)5-8-3-10(17)6-11(18)4-8;9-6-2-1-5-3-8(11)10-7(5)4-6;8-6-1-5(4-10)2-7(9)3-6/h1-7H,(H,19,20);1-2,4H,3H2,(H,10,11);1-4H. The van der Waals surface area contributed by atoms with Gasteiger partial charge in [-0.15, -0.1) is 0 Å². The number of benzene rings is 4. The van der Waals surface area contributed by atoms with Gasteiger partial charge >= 0.3 is 0 Å². The second kappa shape index (κ2) is 13.8. The Morgan fingerprint density at radius 1 is 0.585 bits per heavy atom. The van der Waals surface area contributed by atoms with Gasteiger partial charge in [-0.1, -0.05) is 81.7 Å². The summed E-state index contributed by atoms with van der Waals surface area (Å²) in [5.74, 6) is -0.124. The van der Waals surface area contributed by atoms with Gasteiger partial charge in [-0.05, 0) is 77.9 Å². The van der Waals surface area contributed by atoms with Crippen molar-refractivity contribution in [2.45, 2.75) is 6.42 Å². The molecule has 0 atom stereocenters. The molecule has 0 bridgehead atoms. The maximum absolute atomic E-state index is 12.0. The maximum Gasteiger partial charge on any atom is 0.256 e. The van der Waals surface area contributed by atoms with E-state index in [0.717, 1.165) is 22.4 Å². The number of halogens is 6. The van der Waals surface area contributed by atoms with E-state index in [-0.39, 0.29) is 11.8 Å². The zero-order chi connectivity index (χ0) is 29.7. The summed E-state index contributed by atoms with van der Waals surface area (Å²) in [7, 11) is 0. The largest absolute Gasteiger partial charge is 0.325 e. The van der Waals surface area contributed by atoms with Gasteiger partial charge in [0, 0.05) is 52.5 Å². The fourth-order valence-electron chi connectivity index (χ4n) is 3.96. The average molecular weight is 667 g/mol. The lowest BCUT2D eigenvalue weighted by atomic mass is 10.0. The predicted molar refractivity (Wildman–Crippen MR) is 170 cm³/mol. The van der Waals surface area contributed by atoms with Crippen LogP contribution in [0.15, 0.2) is 72.8 Å². The molecule has 11 heteroatoms. The lowest BCUT2D eigenvalue weighted by Crippen LogP contribution is -2.03. The van der Waals surface area contributed by atoms with Crippen LogP contribution in [0.3, 0.4) is 0 Å². The van der Waals surface area contributed by atoms with Crippen LogP contribution >= 0.6 is 69.6 Å². The van der Waals surface area contributed by atoms with Crippen molar-refractivity contribution in [2.75, 3.05) is 10.6 Å². The van der Waals surface area contributed by atoms with E-state index in [1.165, 1.54) is 0 Å². The molecule has 0 fully saturated rings. The molecule has 0 radical (unpaired) electrons. The molecule has 2 N–H and O–H groups in total. The highest BCUT2D eigenvalue weighted by atomic mass is 35.5. The van der Waals surface area contributed by atoms with E-state index in [4.69, 9.17) is 69.6 Å². The highest BCUT2D eigenvalue weighted by Crippen LogP contribution is 2.35. The molecule has 208 valence electrons. The Kier molecular flexibility index (Phi) is 10.4. The molecule has 2 aliphatic heterocycles. The number of anilines is 2. The summed E-state index contributed by atoms with van der Waals surface area (Å²) in [6.07, 6.45) is 2.94. The molecule has 2 heterocycles. The molecule has 0 unspecified atom stereocenters. The van der Waals surface area contributed by atoms with Gasteiger partial charge in [-0.2, -0.15) is 0 Å². The Bertz CT molecular complexity index is 1660. The van der Waals surface area contributed by atoms with Gasteiger partial charge in [0.25, 0.3) is 5.91 Å². The molecule has 0 aliphatic carbocycles. The van der Waals surface area contributed by atoms with E-state index in [2.05, 4.69) is 10.6 Å². The van der Waals surface area contributed by atoms with Crippen LogP contribution in [0.1, 0.15) is 27.0 Å². The molecule has 0 saturated carbocycles. The molecular weight excluding hydrogens is 649 g/mol. The first kappa shape index (κ1) is 30.9. The molecule has 5 nitrogen and oxygen atoms in total. The minimum absolute atomic E-state index is 0.0438. The second-order valence-corrected chi connectivity index (χ2v) is 11.4. The Hall–Kier alpha value is -3.03. The van der Waals surface area contributed by atoms with Crippen LogP contribution in [0.4, 0.5) is 11.4 Å². The number of nitrogens with one attached hydrogen (secondary N) is 2. The molecule has 4 aromatic carbocycles. The molecule has 4 aromatic rings. The summed E-state index contributed by atoms with van der Waals surface area (Å²) in [6, 6.07) is 20.6. The fraction of sp³-hybridized carbons (Fsp3) is 0.0333. The molecular formula is C30H18Cl6N2O3. The smallest absolute Gasteiger partial charge is 0.256 e. The fourth-order valence-corrected chi connectivity index (χ4v) is 5.40. The van der Waals surface area contributed by atoms with Crippen molar-refractivity contribution >= 4 is 111 Å². The number of amides is 2. The molecule has 2 aliphatic rings. The van der Waals surface area contributed by atoms with E-state index in [1.54, 1.807) is 66.7 Å². The summed E-state index contributed by atoms with van der Waals surface area (Å²) >= 11 is 34.7. The first-order valence-corrected chi connectivity index (χ1v) is 14.1. The SMILES string of the molecule is O=C1Cc2ccc(Cl)cc2N1.O=C1Nc2cc(Cl)ccc2C1=Cc1cc(Cl)cc(Cl)c1.O=Cc1cc(Cl)cc(Cl)c1.